The smallest absolute Gasteiger partial charge is 0.342 e. The van der Waals surface area contributed by atoms with Gasteiger partial charge in [-0.2, -0.15) is 0 Å². The molecule has 3 rings (SSSR count). The van der Waals surface area contributed by atoms with E-state index in [1.165, 1.54) is 18.2 Å². The summed E-state index contributed by atoms with van der Waals surface area (Å²) in [4.78, 5) is 26.7. The maximum Gasteiger partial charge on any atom is 0.342 e. The van der Waals surface area contributed by atoms with Crippen LogP contribution >= 0.6 is 11.8 Å². The molecule has 0 radical (unpaired) electrons. The quantitative estimate of drug-likeness (QED) is 0.433. The number of nitrogens with zero attached hydrogens (tertiary/aromatic N) is 2. The van der Waals surface area contributed by atoms with Crippen LogP contribution in [0.2, 0.25) is 0 Å². The van der Waals surface area contributed by atoms with E-state index in [1.54, 1.807) is 25.1 Å². The van der Waals surface area contributed by atoms with Gasteiger partial charge in [0.2, 0.25) is 5.16 Å². The van der Waals surface area contributed by atoms with Gasteiger partial charge in [0.1, 0.15) is 22.3 Å². The first-order valence-corrected chi connectivity index (χ1v) is 8.61. The first kappa shape index (κ1) is 18.5. The summed E-state index contributed by atoms with van der Waals surface area (Å²) in [5.41, 5.74) is 1.61. The highest BCUT2D eigenvalue weighted by atomic mass is 32.2. The fraction of sp³-hybridized carbons (Fsp3) is 0.111. The van der Waals surface area contributed by atoms with Gasteiger partial charge in [-0.1, -0.05) is 6.07 Å². The molecule has 3 N–H and O–H groups in total. The van der Waals surface area contributed by atoms with Gasteiger partial charge in [-0.25, -0.2) is 14.6 Å². The van der Waals surface area contributed by atoms with Gasteiger partial charge in [0, 0.05) is 11.6 Å². The highest BCUT2D eigenvalue weighted by Crippen LogP contribution is 2.30. The monoisotopic (exact) mass is 385 g/mol. The van der Waals surface area contributed by atoms with Gasteiger partial charge >= 0.3 is 11.9 Å². The molecule has 0 saturated heterocycles. The second-order valence-electron chi connectivity index (χ2n) is 5.66. The number of aromatic amines is 1. The number of aryl methyl sites for hydroxylation is 2. The Morgan fingerprint density at radius 3 is 2.59 bits per heavy atom. The number of carboxylic acids is 2. The molecule has 0 bridgehead atoms. The van der Waals surface area contributed by atoms with E-state index in [2.05, 4.69) is 15.2 Å². The Labute approximate surface area is 157 Å². The molecule has 2 aromatic heterocycles. The zero-order valence-electron chi connectivity index (χ0n) is 14.4. The molecule has 138 valence electrons. The lowest BCUT2D eigenvalue weighted by Gasteiger charge is -2.04. The third-order valence-corrected chi connectivity index (χ3v) is 4.52. The van der Waals surface area contributed by atoms with E-state index in [-0.39, 0.29) is 15.6 Å². The number of benzene rings is 1. The predicted octanol–water partition coefficient (Wildman–Crippen LogP) is 3.60. The van der Waals surface area contributed by atoms with Crippen molar-refractivity contribution in [3.05, 3.63) is 57.9 Å². The Morgan fingerprint density at radius 2 is 1.96 bits per heavy atom. The number of aromatic carboxylic acids is 1. The third kappa shape index (κ3) is 4.26. The minimum Gasteiger partial charge on any atom is -0.478 e. The van der Waals surface area contributed by atoms with Crippen LogP contribution in [0.25, 0.3) is 17.4 Å². The molecule has 0 fully saturated rings. The van der Waals surface area contributed by atoms with Crippen LogP contribution in [0, 0.1) is 13.8 Å². The van der Waals surface area contributed by atoms with Crippen molar-refractivity contribution in [3.8, 4) is 11.3 Å². The number of thioether (sulfide) groups is 1. The number of rotatable bonds is 6. The largest absolute Gasteiger partial charge is 0.478 e. The summed E-state index contributed by atoms with van der Waals surface area (Å²) in [6, 6.07) is 8.02. The number of H-pyrrole nitrogens is 1. The molecule has 3 aromatic rings. The summed E-state index contributed by atoms with van der Waals surface area (Å²) in [6.07, 6.45) is 1.37. The van der Waals surface area contributed by atoms with E-state index in [0.717, 1.165) is 17.3 Å². The van der Waals surface area contributed by atoms with Crippen molar-refractivity contribution in [3.63, 3.8) is 0 Å². The van der Waals surface area contributed by atoms with Crippen LogP contribution in [0.5, 0.6) is 0 Å². The lowest BCUT2D eigenvalue weighted by Crippen LogP contribution is -1.97. The van der Waals surface area contributed by atoms with E-state index in [1.807, 2.05) is 6.92 Å². The lowest BCUT2D eigenvalue weighted by molar-refractivity contribution is -0.131. The van der Waals surface area contributed by atoms with Crippen molar-refractivity contribution in [2.24, 2.45) is 0 Å². The van der Waals surface area contributed by atoms with Crippen molar-refractivity contribution in [1.82, 2.24) is 15.2 Å². The van der Waals surface area contributed by atoms with Gasteiger partial charge in [-0.05, 0) is 55.4 Å². The molecule has 8 nitrogen and oxygen atoms in total. The molecule has 0 unspecified atom stereocenters. The molecule has 0 aliphatic carbocycles. The van der Waals surface area contributed by atoms with Crippen molar-refractivity contribution < 1.29 is 24.2 Å². The Balaban J connectivity index is 1.92. The Hall–Kier alpha value is -3.33. The fourth-order valence-electron chi connectivity index (χ4n) is 2.33. The molecule has 0 saturated carbocycles. The van der Waals surface area contributed by atoms with E-state index < -0.39 is 11.9 Å². The number of aromatic nitrogens is 3. The summed E-state index contributed by atoms with van der Waals surface area (Å²) in [6.45, 7) is 3.55. The van der Waals surface area contributed by atoms with Crippen molar-refractivity contribution in [2.75, 3.05) is 0 Å². The summed E-state index contributed by atoms with van der Waals surface area (Å²) in [7, 11) is 0. The Morgan fingerprint density at radius 1 is 1.19 bits per heavy atom. The number of carboxylic acid groups (broad SMARTS) is 2. The van der Waals surface area contributed by atoms with E-state index in [0.29, 0.717) is 22.9 Å². The van der Waals surface area contributed by atoms with Gasteiger partial charge in [-0.15, -0.1) is 5.10 Å². The summed E-state index contributed by atoms with van der Waals surface area (Å²) in [5, 5.41) is 25.4. The number of nitrogens with one attached hydrogen (secondary N) is 1. The molecule has 0 aliphatic heterocycles. The highest BCUT2D eigenvalue weighted by molar-refractivity contribution is 8.04. The predicted molar refractivity (Wildman–Crippen MR) is 98.4 cm³/mol. The number of hydrogen-bond donors (Lipinski definition) is 3. The van der Waals surface area contributed by atoms with Gasteiger partial charge < -0.3 is 14.6 Å². The Bertz CT molecular complexity index is 1050. The molecule has 0 atom stereocenters. The first-order valence-electron chi connectivity index (χ1n) is 7.79. The van der Waals surface area contributed by atoms with E-state index in [9.17, 15) is 14.7 Å². The van der Waals surface area contributed by atoms with Gasteiger partial charge in [0.05, 0.1) is 5.56 Å². The highest BCUT2D eigenvalue weighted by Gasteiger charge is 2.15. The summed E-state index contributed by atoms with van der Waals surface area (Å²) >= 11 is 0.897. The van der Waals surface area contributed by atoms with Gasteiger partial charge in [0.25, 0.3) is 0 Å². The van der Waals surface area contributed by atoms with Crippen molar-refractivity contribution in [2.45, 2.75) is 19.0 Å². The van der Waals surface area contributed by atoms with Crippen LogP contribution in [0.1, 0.15) is 27.5 Å². The fourth-order valence-corrected chi connectivity index (χ4v) is 3.06. The average Bonchev–Trinajstić information content (AvgIpc) is 3.23. The number of furan rings is 1. The topological polar surface area (TPSA) is 129 Å². The maximum atomic E-state index is 11.5. The molecule has 0 aliphatic rings. The standard InChI is InChI=1S/C18H15N3O5S/c1-9-3-4-11(16(22)23)7-13(9)14-6-5-12(26-14)8-15(17(24)25)27-18-19-10(2)20-21-18/h3-8H,1-2H3,(H,22,23)(H,24,25)(H,19,20,21)/b15-8-. The zero-order chi connectivity index (χ0) is 19.6. The molecule has 27 heavy (non-hydrogen) atoms. The first-order chi connectivity index (χ1) is 12.8. The van der Waals surface area contributed by atoms with Crippen molar-refractivity contribution >= 4 is 29.8 Å². The second kappa shape index (κ2) is 7.50. The van der Waals surface area contributed by atoms with E-state index in [4.69, 9.17) is 9.52 Å². The molecule has 0 amide bonds. The molecular formula is C18H15N3O5S. The summed E-state index contributed by atoms with van der Waals surface area (Å²) < 4.78 is 5.71. The maximum absolute atomic E-state index is 11.5. The SMILES string of the molecule is Cc1nc(S/C(=C\c2ccc(-c3cc(C(=O)O)ccc3C)o2)C(=O)O)n[nH]1. The minimum atomic E-state index is -1.13. The Kier molecular flexibility index (Phi) is 5.13. The van der Waals surface area contributed by atoms with Crippen LogP contribution in [0.3, 0.4) is 0 Å². The molecule has 0 spiro atoms. The van der Waals surface area contributed by atoms with Gasteiger partial charge in [0.15, 0.2) is 0 Å². The molecular weight excluding hydrogens is 370 g/mol. The molecule has 2 heterocycles. The van der Waals surface area contributed by atoms with Crippen LogP contribution in [-0.4, -0.2) is 37.3 Å². The molecule has 1 aromatic carbocycles. The minimum absolute atomic E-state index is 0.00842. The van der Waals surface area contributed by atoms with Crippen LogP contribution in [0.15, 0.2) is 44.8 Å². The lowest BCUT2D eigenvalue weighted by atomic mass is 10.0. The normalized spacial score (nSPS) is 11.6. The number of hydrogen-bond acceptors (Lipinski definition) is 6. The third-order valence-electron chi connectivity index (χ3n) is 3.64. The molecule has 9 heteroatoms. The van der Waals surface area contributed by atoms with Crippen LogP contribution in [-0.2, 0) is 4.79 Å². The van der Waals surface area contributed by atoms with E-state index >= 15 is 0 Å². The second-order valence-corrected chi connectivity index (χ2v) is 6.67. The number of carbonyl (C=O) groups is 2. The zero-order valence-corrected chi connectivity index (χ0v) is 15.2. The van der Waals surface area contributed by atoms with Crippen molar-refractivity contribution in [1.29, 1.82) is 0 Å². The van der Waals surface area contributed by atoms with Gasteiger partial charge in [-0.3, -0.25) is 5.10 Å². The average molecular weight is 385 g/mol. The van der Waals surface area contributed by atoms with Crippen LogP contribution in [0.4, 0.5) is 0 Å². The van der Waals surface area contributed by atoms with Crippen LogP contribution < -0.4 is 0 Å². The number of aliphatic carboxylic acids is 1. The summed E-state index contributed by atoms with van der Waals surface area (Å²) in [5.74, 6) is -0.817.